The Bertz CT molecular complexity index is 429. The molecule has 1 N–H and O–H groups in total. The summed E-state index contributed by atoms with van der Waals surface area (Å²) in [4.78, 5) is 20.6. The van der Waals surface area contributed by atoms with E-state index < -0.39 is 0 Å². The smallest absolute Gasteiger partial charge is 0.320 e. The topological polar surface area (TPSA) is 48.5 Å². The van der Waals surface area contributed by atoms with E-state index in [2.05, 4.69) is 10.3 Å². The number of hydrogen-bond donors (Lipinski definition) is 1. The van der Waals surface area contributed by atoms with Gasteiger partial charge in [-0.25, -0.2) is 4.79 Å². The summed E-state index contributed by atoms with van der Waals surface area (Å²) in [5, 5.41) is 3.26. The summed E-state index contributed by atoms with van der Waals surface area (Å²) in [5.74, 6) is 0. The summed E-state index contributed by atoms with van der Waals surface area (Å²) in [6, 6.07) is 6.05. The highest BCUT2D eigenvalue weighted by atomic mass is 16.2. The monoisotopic (exact) mass is 262 g/mol. The third-order valence-corrected chi connectivity index (χ3v) is 3.34. The molecule has 19 heavy (non-hydrogen) atoms. The zero-order chi connectivity index (χ0) is 13.7. The second kappa shape index (κ2) is 6.52. The van der Waals surface area contributed by atoms with Gasteiger partial charge < -0.3 is 15.1 Å². The Morgan fingerprint density at radius 1 is 1.42 bits per heavy atom. The van der Waals surface area contributed by atoms with Gasteiger partial charge in [-0.05, 0) is 26.0 Å². The number of hydrogen-bond acceptors (Lipinski definition) is 3. The number of rotatable bonds is 3. The molecule has 0 aromatic carbocycles. The number of amides is 2. The number of carbonyl (C=O) groups excluding carboxylic acids is 1. The second-order valence-corrected chi connectivity index (χ2v) is 4.80. The van der Waals surface area contributed by atoms with Gasteiger partial charge in [0.2, 0.25) is 0 Å². The first-order chi connectivity index (χ1) is 9.20. The van der Waals surface area contributed by atoms with Crippen molar-refractivity contribution in [3.8, 4) is 0 Å². The normalized spacial score (nSPS) is 15.4. The molecule has 1 aliphatic heterocycles. The Morgan fingerprint density at radius 3 is 2.79 bits per heavy atom. The molecule has 0 atom stereocenters. The van der Waals surface area contributed by atoms with Crippen LogP contribution < -0.4 is 5.32 Å². The van der Waals surface area contributed by atoms with Gasteiger partial charge in [-0.2, -0.15) is 0 Å². The first-order valence-electron chi connectivity index (χ1n) is 6.88. The molecule has 2 rings (SSSR count). The summed E-state index contributed by atoms with van der Waals surface area (Å²) in [7, 11) is 0. The van der Waals surface area contributed by atoms with Crippen molar-refractivity contribution in [1.82, 2.24) is 20.1 Å². The molecule has 0 spiro atoms. The highest BCUT2D eigenvalue weighted by Crippen LogP contribution is 2.07. The van der Waals surface area contributed by atoms with Crippen LogP contribution in [-0.4, -0.2) is 53.5 Å². The van der Waals surface area contributed by atoms with Crippen molar-refractivity contribution in [3.05, 3.63) is 29.6 Å². The summed E-state index contributed by atoms with van der Waals surface area (Å²) >= 11 is 0. The molecular formula is C14H22N4O. The summed E-state index contributed by atoms with van der Waals surface area (Å²) in [6.45, 7) is 8.61. The van der Waals surface area contributed by atoms with Crippen molar-refractivity contribution in [1.29, 1.82) is 0 Å². The molecular weight excluding hydrogens is 240 g/mol. The van der Waals surface area contributed by atoms with Crippen molar-refractivity contribution in [2.75, 3.05) is 32.7 Å². The van der Waals surface area contributed by atoms with Crippen LogP contribution >= 0.6 is 0 Å². The van der Waals surface area contributed by atoms with Gasteiger partial charge in [0.1, 0.15) is 0 Å². The SMILES string of the molecule is CCN(Cc1cccc(C)n1)C(=O)N1CCNCC1. The van der Waals surface area contributed by atoms with E-state index in [9.17, 15) is 4.79 Å². The maximum atomic E-state index is 12.4. The van der Waals surface area contributed by atoms with Gasteiger partial charge in [0.15, 0.2) is 0 Å². The van der Waals surface area contributed by atoms with E-state index in [1.807, 2.05) is 41.8 Å². The minimum atomic E-state index is 0.118. The Labute approximate surface area is 114 Å². The van der Waals surface area contributed by atoms with Gasteiger partial charge in [0.25, 0.3) is 0 Å². The number of aromatic nitrogens is 1. The molecule has 0 radical (unpaired) electrons. The second-order valence-electron chi connectivity index (χ2n) is 4.80. The zero-order valence-electron chi connectivity index (χ0n) is 11.7. The van der Waals surface area contributed by atoms with Crippen LogP contribution in [0.15, 0.2) is 18.2 Å². The number of urea groups is 1. The van der Waals surface area contributed by atoms with Crippen molar-refractivity contribution in [2.24, 2.45) is 0 Å². The summed E-state index contributed by atoms with van der Waals surface area (Å²) in [5.41, 5.74) is 1.94. The van der Waals surface area contributed by atoms with Crippen LogP contribution in [-0.2, 0) is 6.54 Å². The van der Waals surface area contributed by atoms with Crippen molar-refractivity contribution in [3.63, 3.8) is 0 Å². The molecule has 5 nitrogen and oxygen atoms in total. The fraction of sp³-hybridized carbons (Fsp3) is 0.571. The molecule has 5 heteroatoms. The van der Waals surface area contributed by atoms with Crippen LogP contribution in [0.2, 0.25) is 0 Å². The predicted molar refractivity (Wildman–Crippen MR) is 74.9 cm³/mol. The Hall–Kier alpha value is -1.62. The van der Waals surface area contributed by atoms with E-state index in [-0.39, 0.29) is 6.03 Å². The third-order valence-electron chi connectivity index (χ3n) is 3.34. The number of piperazine rings is 1. The standard InChI is InChI=1S/C14H22N4O/c1-3-17(11-13-6-4-5-12(2)16-13)14(19)18-9-7-15-8-10-18/h4-6,15H,3,7-11H2,1-2H3. The molecule has 0 saturated carbocycles. The van der Waals surface area contributed by atoms with E-state index in [1.54, 1.807) is 0 Å². The van der Waals surface area contributed by atoms with E-state index >= 15 is 0 Å². The largest absolute Gasteiger partial charge is 0.322 e. The van der Waals surface area contributed by atoms with Crippen LogP contribution in [0.25, 0.3) is 0 Å². The number of pyridine rings is 1. The lowest BCUT2D eigenvalue weighted by molar-refractivity contribution is 0.146. The van der Waals surface area contributed by atoms with Gasteiger partial charge in [-0.1, -0.05) is 6.07 Å². The molecule has 0 aliphatic carbocycles. The predicted octanol–water partition coefficient (Wildman–Crippen LogP) is 1.24. The zero-order valence-corrected chi connectivity index (χ0v) is 11.7. The molecule has 1 aliphatic rings. The lowest BCUT2D eigenvalue weighted by atomic mass is 10.3. The van der Waals surface area contributed by atoms with Gasteiger partial charge in [0.05, 0.1) is 12.2 Å². The molecule has 104 valence electrons. The lowest BCUT2D eigenvalue weighted by Gasteiger charge is -2.32. The lowest BCUT2D eigenvalue weighted by Crippen LogP contribution is -2.51. The minimum absolute atomic E-state index is 0.118. The Morgan fingerprint density at radius 2 is 2.16 bits per heavy atom. The Kier molecular flexibility index (Phi) is 4.74. The van der Waals surface area contributed by atoms with Crippen LogP contribution in [0.1, 0.15) is 18.3 Å². The quantitative estimate of drug-likeness (QED) is 0.891. The first kappa shape index (κ1) is 13.8. The average Bonchev–Trinajstić information content (AvgIpc) is 2.45. The highest BCUT2D eigenvalue weighted by Gasteiger charge is 2.21. The van der Waals surface area contributed by atoms with E-state index in [1.165, 1.54) is 0 Å². The molecule has 0 unspecified atom stereocenters. The van der Waals surface area contributed by atoms with E-state index in [4.69, 9.17) is 0 Å². The average molecular weight is 262 g/mol. The van der Waals surface area contributed by atoms with Crippen molar-refractivity contribution >= 4 is 6.03 Å². The van der Waals surface area contributed by atoms with Crippen LogP contribution in [0.3, 0.4) is 0 Å². The fourth-order valence-corrected chi connectivity index (χ4v) is 2.25. The maximum Gasteiger partial charge on any atom is 0.320 e. The molecule has 1 aromatic heterocycles. The van der Waals surface area contributed by atoms with Crippen molar-refractivity contribution in [2.45, 2.75) is 20.4 Å². The first-order valence-corrected chi connectivity index (χ1v) is 6.88. The summed E-state index contributed by atoms with van der Waals surface area (Å²) < 4.78 is 0. The molecule has 2 amide bonds. The molecule has 1 saturated heterocycles. The van der Waals surface area contributed by atoms with E-state index in [0.29, 0.717) is 13.1 Å². The third kappa shape index (κ3) is 3.67. The van der Waals surface area contributed by atoms with Gasteiger partial charge >= 0.3 is 6.03 Å². The Balaban J connectivity index is 2.00. The minimum Gasteiger partial charge on any atom is -0.322 e. The van der Waals surface area contributed by atoms with Gasteiger partial charge in [-0.15, -0.1) is 0 Å². The number of carbonyl (C=O) groups is 1. The van der Waals surface area contributed by atoms with Crippen LogP contribution in [0.4, 0.5) is 4.79 Å². The maximum absolute atomic E-state index is 12.4. The van der Waals surface area contributed by atoms with Gasteiger partial charge in [0, 0.05) is 38.4 Å². The van der Waals surface area contributed by atoms with Crippen LogP contribution in [0, 0.1) is 6.92 Å². The van der Waals surface area contributed by atoms with Crippen LogP contribution in [0.5, 0.6) is 0 Å². The molecule has 0 bridgehead atoms. The molecule has 2 heterocycles. The molecule has 1 fully saturated rings. The highest BCUT2D eigenvalue weighted by molar-refractivity contribution is 5.74. The number of aryl methyl sites for hydroxylation is 1. The number of nitrogens with zero attached hydrogens (tertiary/aromatic N) is 3. The van der Waals surface area contributed by atoms with Gasteiger partial charge in [-0.3, -0.25) is 4.98 Å². The number of nitrogens with one attached hydrogen (secondary N) is 1. The van der Waals surface area contributed by atoms with E-state index in [0.717, 1.165) is 37.6 Å². The fourth-order valence-electron chi connectivity index (χ4n) is 2.25. The summed E-state index contributed by atoms with van der Waals surface area (Å²) in [6.07, 6.45) is 0. The van der Waals surface area contributed by atoms with Crippen molar-refractivity contribution < 1.29 is 4.79 Å². The molecule has 1 aromatic rings.